The van der Waals surface area contributed by atoms with Crippen molar-refractivity contribution < 1.29 is 28.8 Å². The maximum absolute atomic E-state index is 11.5. The van der Waals surface area contributed by atoms with Crippen molar-refractivity contribution in [1.82, 2.24) is 0 Å². The Morgan fingerprint density at radius 3 is 1.89 bits per heavy atom. The SMILES string of the molecule is CC1=CC(=O)c2ccccc2C1=O.O=P(O)(O)O.[NaH]. The summed E-state index contributed by atoms with van der Waals surface area (Å²) in [6.45, 7) is 1.66. The van der Waals surface area contributed by atoms with Gasteiger partial charge < -0.3 is 14.7 Å². The van der Waals surface area contributed by atoms with Crippen molar-refractivity contribution in [2.24, 2.45) is 0 Å². The average Bonchev–Trinajstić information content (AvgIpc) is 2.24. The third kappa shape index (κ3) is 5.93. The van der Waals surface area contributed by atoms with Gasteiger partial charge in [-0.3, -0.25) is 9.59 Å². The van der Waals surface area contributed by atoms with Crippen molar-refractivity contribution in [1.29, 1.82) is 0 Å². The van der Waals surface area contributed by atoms with Gasteiger partial charge in [0.25, 0.3) is 0 Å². The first-order valence-corrected chi connectivity index (χ1v) is 6.41. The summed E-state index contributed by atoms with van der Waals surface area (Å²) in [4.78, 5) is 44.5. The number of ketones is 2. The van der Waals surface area contributed by atoms with Gasteiger partial charge in [0.15, 0.2) is 11.6 Å². The molecule has 6 nitrogen and oxygen atoms in total. The van der Waals surface area contributed by atoms with Crippen LogP contribution in [0, 0.1) is 0 Å². The average molecular weight is 294 g/mol. The molecule has 98 valence electrons. The van der Waals surface area contributed by atoms with E-state index in [1.807, 2.05) is 0 Å². The first-order chi connectivity index (χ1) is 8.20. The Morgan fingerprint density at radius 2 is 1.42 bits per heavy atom. The Balaban J connectivity index is 0.000000471. The van der Waals surface area contributed by atoms with Crippen LogP contribution in [0.25, 0.3) is 0 Å². The number of carbonyl (C=O) groups is 2. The summed E-state index contributed by atoms with van der Waals surface area (Å²) in [6, 6.07) is 6.89. The van der Waals surface area contributed by atoms with Crippen molar-refractivity contribution in [2.45, 2.75) is 6.92 Å². The van der Waals surface area contributed by atoms with Crippen LogP contribution in [0.4, 0.5) is 0 Å². The zero-order chi connectivity index (χ0) is 13.9. The molecule has 0 saturated heterocycles. The van der Waals surface area contributed by atoms with Gasteiger partial charge in [-0.05, 0) is 13.0 Å². The van der Waals surface area contributed by atoms with E-state index in [1.165, 1.54) is 6.08 Å². The Morgan fingerprint density at radius 1 is 1.00 bits per heavy atom. The van der Waals surface area contributed by atoms with E-state index >= 15 is 0 Å². The molecule has 1 aliphatic rings. The molecule has 0 aromatic heterocycles. The number of Topliss-reactive ketones (excluding diaryl/α,β-unsaturated/α-hetero) is 1. The van der Waals surface area contributed by atoms with E-state index in [-0.39, 0.29) is 41.1 Å². The number of phosphoric acid groups is 1. The van der Waals surface area contributed by atoms with E-state index < -0.39 is 7.82 Å². The normalized spacial score (nSPS) is 13.6. The Labute approximate surface area is 131 Å². The molecular formula is C11H12NaO6P. The number of benzene rings is 1. The van der Waals surface area contributed by atoms with Crippen molar-refractivity contribution in [3.63, 3.8) is 0 Å². The third-order valence-corrected chi connectivity index (χ3v) is 2.14. The molecule has 0 saturated carbocycles. The van der Waals surface area contributed by atoms with Crippen LogP contribution >= 0.6 is 7.82 Å². The minimum absolute atomic E-state index is 0. The molecule has 0 bridgehead atoms. The molecule has 8 heteroatoms. The van der Waals surface area contributed by atoms with Gasteiger partial charge in [-0.1, -0.05) is 24.3 Å². The molecule has 0 amide bonds. The second kappa shape index (κ2) is 7.26. The summed E-state index contributed by atoms with van der Waals surface area (Å²) < 4.78 is 8.88. The van der Waals surface area contributed by atoms with E-state index in [9.17, 15) is 9.59 Å². The zero-order valence-electron chi connectivity index (χ0n) is 9.40. The molecule has 0 unspecified atom stereocenters. The summed E-state index contributed by atoms with van der Waals surface area (Å²) in [5.41, 5.74) is 1.55. The van der Waals surface area contributed by atoms with Crippen molar-refractivity contribution >= 4 is 48.9 Å². The first kappa shape index (κ1) is 18.4. The summed E-state index contributed by atoms with van der Waals surface area (Å²) in [7, 11) is -4.64. The molecule has 1 aromatic carbocycles. The van der Waals surface area contributed by atoms with E-state index in [1.54, 1.807) is 31.2 Å². The van der Waals surface area contributed by atoms with Crippen LogP contribution in [0.2, 0.25) is 0 Å². The summed E-state index contributed by atoms with van der Waals surface area (Å²) in [5, 5.41) is 0. The van der Waals surface area contributed by atoms with Gasteiger partial charge in [-0.25, -0.2) is 4.57 Å². The predicted octanol–water partition coefficient (Wildman–Crippen LogP) is 0.435. The molecular weight excluding hydrogens is 282 g/mol. The van der Waals surface area contributed by atoms with Crippen LogP contribution in [-0.2, 0) is 4.57 Å². The van der Waals surface area contributed by atoms with Gasteiger partial charge in [-0.15, -0.1) is 0 Å². The van der Waals surface area contributed by atoms with E-state index in [0.29, 0.717) is 16.7 Å². The van der Waals surface area contributed by atoms with Crippen LogP contribution < -0.4 is 0 Å². The molecule has 0 aliphatic heterocycles. The number of rotatable bonds is 0. The van der Waals surface area contributed by atoms with Crippen LogP contribution in [0.5, 0.6) is 0 Å². The molecule has 0 spiro atoms. The molecule has 0 heterocycles. The Bertz CT molecular complexity index is 566. The standard InChI is InChI=1S/C11H8O2.Na.H3O4P.H/c1-7-6-10(12)8-4-2-3-5-9(8)11(7)13;;1-5(2,3)4;/h2-6H,1H3;;(H3,1,2,3,4);. The molecule has 0 atom stereocenters. The zero-order valence-corrected chi connectivity index (χ0v) is 10.3. The maximum atomic E-state index is 11.5. The first-order valence-electron chi connectivity index (χ1n) is 4.85. The quantitative estimate of drug-likeness (QED) is 0.472. The van der Waals surface area contributed by atoms with Crippen LogP contribution in [0.15, 0.2) is 35.9 Å². The molecule has 2 rings (SSSR count). The summed E-state index contributed by atoms with van der Waals surface area (Å²) >= 11 is 0. The number of hydrogen-bond donors (Lipinski definition) is 3. The molecule has 1 aliphatic carbocycles. The van der Waals surface area contributed by atoms with E-state index in [4.69, 9.17) is 19.2 Å². The molecule has 19 heavy (non-hydrogen) atoms. The van der Waals surface area contributed by atoms with Crippen LogP contribution in [-0.4, -0.2) is 55.8 Å². The van der Waals surface area contributed by atoms with Gasteiger partial charge in [0.05, 0.1) is 0 Å². The predicted molar refractivity (Wildman–Crippen MR) is 70.3 cm³/mol. The number of allylic oxidation sites excluding steroid dienone is 2. The Kier molecular flexibility index (Phi) is 7.04. The number of hydrogen-bond acceptors (Lipinski definition) is 3. The fraction of sp³-hybridized carbons (Fsp3) is 0.0909. The van der Waals surface area contributed by atoms with E-state index in [0.717, 1.165) is 0 Å². The van der Waals surface area contributed by atoms with Crippen molar-refractivity contribution in [3.05, 3.63) is 47.0 Å². The fourth-order valence-electron chi connectivity index (χ4n) is 1.45. The van der Waals surface area contributed by atoms with Gasteiger partial charge in [-0.2, -0.15) is 0 Å². The second-order valence-corrected chi connectivity index (χ2v) is 4.61. The second-order valence-electron chi connectivity index (χ2n) is 3.58. The molecule has 1 aromatic rings. The summed E-state index contributed by atoms with van der Waals surface area (Å²) in [5.74, 6) is -0.122. The van der Waals surface area contributed by atoms with Crippen molar-refractivity contribution in [3.8, 4) is 0 Å². The monoisotopic (exact) mass is 294 g/mol. The Hall–Kier alpha value is -0.590. The van der Waals surface area contributed by atoms with Gasteiger partial charge in [0, 0.05) is 16.7 Å². The topological polar surface area (TPSA) is 112 Å². The third-order valence-electron chi connectivity index (χ3n) is 2.14. The molecule has 0 radical (unpaired) electrons. The van der Waals surface area contributed by atoms with Crippen LogP contribution in [0.3, 0.4) is 0 Å². The van der Waals surface area contributed by atoms with Crippen molar-refractivity contribution in [2.75, 3.05) is 0 Å². The van der Waals surface area contributed by atoms with Gasteiger partial charge >= 0.3 is 37.4 Å². The molecule has 0 fully saturated rings. The minimum atomic E-state index is -4.64. The van der Waals surface area contributed by atoms with E-state index in [2.05, 4.69) is 0 Å². The number of fused-ring (bicyclic) bond motifs is 1. The van der Waals surface area contributed by atoms with Gasteiger partial charge in [0.1, 0.15) is 0 Å². The fourth-order valence-corrected chi connectivity index (χ4v) is 1.45. The number of carbonyl (C=O) groups excluding carboxylic acids is 2. The van der Waals surface area contributed by atoms with Gasteiger partial charge in [0.2, 0.25) is 0 Å². The van der Waals surface area contributed by atoms with Crippen LogP contribution in [0.1, 0.15) is 27.6 Å². The summed E-state index contributed by atoms with van der Waals surface area (Å²) in [6.07, 6.45) is 1.39. The molecule has 3 N–H and O–H groups in total.